The first-order valence-corrected chi connectivity index (χ1v) is 12.3. The Labute approximate surface area is 246 Å². The molecule has 0 bridgehead atoms. The predicted molar refractivity (Wildman–Crippen MR) is 162 cm³/mol. The van der Waals surface area contributed by atoms with Crippen molar-refractivity contribution in [2.75, 3.05) is 0 Å². The van der Waals surface area contributed by atoms with Crippen molar-refractivity contribution < 1.29 is 15.1 Å². The highest BCUT2D eigenvalue weighted by atomic mass is 35.5. The van der Waals surface area contributed by atoms with E-state index < -0.39 is 77.6 Å². The van der Waals surface area contributed by atoms with Crippen LogP contribution in [0.3, 0.4) is 0 Å². The van der Waals surface area contributed by atoms with Gasteiger partial charge in [-0.05, 0) is 67.5 Å². The summed E-state index contributed by atoms with van der Waals surface area (Å²) >= 11 is 6.33. The van der Waals surface area contributed by atoms with Gasteiger partial charge in [-0.25, -0.2) is 4.98 Å². The van der Waals surface area contributed by atoms with Crippen LogP contribution in [0.5, 0.6) is 0 Å². The minimum Gasteiger partial charge on any atom is -0.208 e. The van der Waals surface area contributed by atoms with Crippen LogP contribution in [0.15, 0.2) is 133 Å². The fraction of sp³-hybridized carbons (Fsp3) is 0. The van der Waals surface area contributed by atoms with Gasteiger partial charge in [0.1, 0.15) is 0 Å². The smallest absolute Gasteiger partial charge is 0.208 e. The number of benzene rings is 6. The Bertz CT molecular complexity index is 2540. The summed E-state index contributed by atoms with van der Waals surface area (Å²) in [6.45, 7) is 0. The van der Waals surface area contributed by atoms with Crippen LogP contribution >= 0.6 is 11.6 Å². The molecule has 0 atom stereocenters. The summed E-state index contributed by atoms with van der Waals surface area (Å²) in [5.41, 5.74) is 1.30. The minimum atomic E-state index is -0.694. The van der Waals surface area contributed by atoms with Crippen molar-refractivity contribution in [2.45, 2.75) is 0 Å². The molecule has 0 spiro atoms. The fourth-order valence-corrected chi connectivity index (χ4v) is 4.51. The zero-order valence-corrected chi connectivity index (χ0v) is 20.8. The van der Waals surface area contributed by atoms with Crippen molar-refractivity contribution in [1.29, 1.82) is 0 Å². The lowest BCUT2D eigenvalue weighted by atomic mass is 9.97. The molecule has 0 amide bonds. The first-order chi connectivity index (χ1) is 23.8. The average molecular weight is 531 g/mol. The molecule has 0 saturated heterocycles. The van der Waals surface area contributed by atoms with Gasteiger partial charge in [0.05, 0.1) is 15.1 Å². The van der Waals surface area contributed by atoms with E-state index in [0.717, 1.165) is 21.9 Å². The quantitative estimate of drug-likeness (QED) is 0.227. The molecule has 6 aromatic carbocycles. The molecule has 0 aliphatic carbocycles. The number of nitrogens with zero attached hydrogens (tertiary/aromatic N) is 3. The lowest BCUT2D eigenvalue weighted by Gasteiger charge is -2.09. The van der Waals surface area contributed by atoms with Crippen LogP contribution in [0, 0.1) is 0 Å². The highest BCUT2D eigenvalue weighted by Gasteiger charge is 2.12. The van der Waals surface area contributed by atoms with Gasteiger partial charge in [-0.2, -0.15) is 9.97 Å². The van der Waals surface area contributed by atoms with Crippen molar-refractivity contribution in [3.63, 3.8) is 0 Å². The zero-order valence-electron chi connectivity index (χ0n) is 31.1. The van der Waals surface area contributed by atoms with E-state index >= 15 is 0 Å². The van der Waals surface area contributed by atoms with Gasteiger partial charge in [-0.1, -0.05) is 121 Å². The second-order valence-corrected chi connectivity index (χ2v) is 8.94. The number of fused-ring (bicyclic) bond motifs is 2. The van der Waals surface area contributed by atoms with E-state index in [0.29, 0.717) is 5.56 Å². The summed E-state index contributed by atoms with van der Waals surface area (Å²) in [5, 5.41) is 1.24. The van der Waals surface area contributed by atoms with Crippen LogP contribution in [-0.2, 0) is 0 Å². The largest absolute Gasteiger partial charge is 0.226 e. The molecule has 7 aromatic rings. The minimum absolute atomic E-state index is 0.125. The Morgan fingerprint density at radius 3 is 1.92 bits per heavy atom. The van der Waals surface area contributed by atoms with E-state index in [4.69, 9.17) is 26.7 Å². The van der Waals surface area contributed by atoms with Crippen LogP contribution in [0.2, 0.25) is 5.28 Å². The van der Waals surface area contributed by atoms with E-state index in [1.807, 2.05) is 54.6 Å². The molecule has 0 unspecified atom stereocenters. The molecule has 1 heterocycles. The number of hydrogen-bond donors (Lipinski definition) is 0. The third-order valence-corrected chi connectivity index (χ3v) is 6.37. The van der Waals surface area contributed by atoms with Crippen LogP contribution in [-0.4, -0.2) is 15.0 Å². The zero-order chi connectivity index (χ0) is 35.8. The maximum Gasteiger partial charge on any atom is 0.226 e. The van der Waals surface area contributed by atoms with Crippen LogP contribution in [0.25, 0.3) is 66.6 Å². The second kappa shape index (κ2) is 9.79. The van der Waals surface area contributed by atoms with E-state index in [-0.39, 0.29) is 33.3 Å². The summed E-state index contributed by atoms with van der Waals surface area (Å²) in [6, 6.07) is 14.4. The van der Waals surface area contributed by atoms with Gasteiger partial charge >= 0.3 is 0 Å². The van der Waals surface area contributed by atoms with Gasteiger partial charge in [0.15, 0.2) is 11.6 Å². The van der Waals surface area contributed by atoms with Crippen molar-refractivity contribution in [3.05, 3.63) is 138 Å². The van der Waals surface area contributed by atoms with Gasteiger partial charge in [-0.15, -0.1) is 0 Å². The molecular formula is C35H22ClN3. The van der Waals surface area contributed by atoms with Gasteiger partial charge in [0, 0.05) is 11.1 Å². The topological polar surface area (TPSA) is 38.7 Å². The van der Waals surface area contributed by atoms with Crippen molar-refractivity contribution in [3.8, 4) is 45.0 Å². The molecule has 4 heteroatoms. The molecule has 3 nitrogen and oxygen atoms in total. The molecule has 0 radical (unpaired) electrons. The molecule has 0 N–H and O–H groups in total. The Balaban J connectivity index is 1.39. The molecule has 7 rings (SSSR count). The first kappa shape index (κ1) is 14.3. The Morgan fingerprint density at radius 1 is 0.487 bits per heavy atom. The summed E-state index contributed by atoms with van der Waals surface area (Å²) in [7, 11) is 0. The first-order valence-electron chi connectivity index (χ1n) is 17.4. The molecule has 0 aliphatic heterocycles. The number of hydrogen-bond acceptors (Lipinski definition) is 3. The summed E-state index contributed by atoms with van der Waals surface area (Å²) in [5.74, 6) is -0.101. The summed E-state index contributed by atoms with van der Waals surface area (Å²) in [6.07, 6.45) is 0. The maximum absolute atomic E-state index is 9.05. The second-order valence-electron chi connectivity index (χ2n) is 8.61. The molecular weight excluding hydrogens is 498 g/mol. The van der Waals surface area contributed by atoms with E-state index in [9.17, 15) is 0 Å². The Kier molecular flexibility index (Phi) is 3.60. The number of halogens is 1. The van der Waals surface area contributed by atoms with Crippen molar-refractivity contribution in [1.82, 2.24) is 15.0 Å². The monoisotopic (exact) mass is 530 g/mol. The summed E-state index contributed by atoms with van der Waals surface area (Å²) in [4.78, 5) is 12.9. The lowest BCUT2D eigenvalue weighted by Crippen LogP contribution is -1.97. The third kappa shape index (κ3) is 4.54. The highest BCUT2D eigenvalue weighted by molar-refractivity contribution is 6.28. The summed E-state index contributed by atoms with van der Waals surface area (Å²) < 4.78 is 94.0. The normalized spacial score (nSPS) is 15.2. The number of rotatable bonds is 4. The van der Waals surface area contributed by atoms with Crippen LogP contribution < -0.4 is 0 Å². The van der Waals surface area contributed by atoms with Gasteiger partial charge < -0.3 is 0 Å². The van der Waals surface area contributed by atoms with Crippen LogP contribution in [0.4, 0.5) is 0 Å². The molecule has 0 saturated carbocycles. The molecule has 0 fully saturated rings. The van der Waals surface area contributed by atoms with Gasteiger partial charge in [0.25, 0.3) is 0 Å². The highest BCUT2D eigenvalue weighted by Crippen LogP contribution is 2.31. The standard InChI is InChI=1S/C35H22ClN3/c36-35-38-33(26-15-13-25(14-16-26)32-12-6-10-24-9-4-5-11-31(24)32)37-34(39-35)30-20-19-28-21-27(17-18-29(28)22-30)23-7-2-1-3-8-23/h1-22H/i1D,2D,3D,7D,8D,17D,18D,19D,20D,21D,22D. The molecule has 0 aliphatic rings. The van der Waals surface area contributed by atoms with Gasteiger partial charge in [0.2, 0.25) is 5.28 Å². The Morgan fingerprint density at radius 2 is 1.13 bits per heavy atom. The van der Waals surface area contributed by atoms with E-state index in [1.54, 1.807) is 12.1 Å². The SMILES string of the molecule is [2H]c1c([2H])c([2H])c(-c2c([2H])c([2H])c3c([2H])c(-c4nc(Cl)nc(-c5ccc(-c6cccc7ccccc67)cc5)n4)c([2H])c([2H])c3c2[2H])c([2H])c1[2H]. The molecule has 39 heavy (non-hydrogen) atoms. The number of aromatic nitrogens is 3. The van der Waals surface area contributed by atoms with Gasteiger partial charge in [-0.3, -0.25) is 0 Å². The van der Waals surface area contributed by atoms with Crippen molar-refractivity contribution >= 4 is 33.1 Å². The molecule has 184 valence electrons. The fourth-order valence-electron chi connectivity index (χ4n) is 4.35. The lowest BCUT2D eigenvalue weighted by molar-refractivity contribution is 1.07. The Hall–Kier alpha value is -4.86. The maximum atomic E-state index is 9.05. The van der Waals surface area contributed by atoms with Crippen molar-refractivity contribution in [2.24, 2.45) is 0 Å². The third-order valence-electron chi connectivity index (χ3n) is 6.20. The van der Waals surface area contributed by atoms with Crippen LogP contribution in [0.1, 0.15) is 15.1 Å². The molecule has 1 aromatic heterocycles. The van der Waals surface area contributed by atoms with E-state index in [2.05, 4.69) is 15.0 Å². The van der Waals surface area contributed by atoms with E-state index in [1.165, 1.54) is 0 Å². The predicted octanol–water partition coefficient (Wildman–Crippen LogP) is 9.50. The average Bonchev–Trinajstić information content (AvgIpc) is 3.11.